The van der Waals surface area contributed by atoms with Crippen LogP contribution in [-0.2, 0) is 41.8 Å². The van der Waals surface area contributed by atoms with Gasteiger partial charge in [-0.25, -0.2) is 4.79 Å². The van der Waals surface area contributed by atoms with Gasteiger partial charge in [-0.3, -0.25) is 24.1 Å². The van der Waals surface area contributed by atoms with Crippen molar-refractivity contribution in [3.05, 3.63) is 117 Å². The molecule has 0 fully saturated rings. The lowest BCUT2D eigenvalue weighted by molar-refractivity contribution is -0.141. The SMILES string of the molecule is CCC(CC)N(CCN(CC)C(=O)CCC(=O)O)Cc1cccc(C(=O)Nc2sc3c(c2C(=O)Nc2ccc(CCc4ccc(C(=O)O)cc4)cc2)CCCC3)c1. The van der Waals surface area contributed by atoms with Gasteiger partial charge in [-0.05, 0) is 117 Å². The van der Waals surface area contributed by atoms with Crippen molar-refractivity contribution in [2.75, 3.05) is 30.3 Å². The maximum atomic E-state index is 13.9. The molecule has 1 heterocycles. The maximum absolute atomic E-state index is 13.9. The average molecular weight is 795 g/mol. The molecule has 1 aliphatic carbocycles. The van der Waals surface area contributed by atoms with Gasteiger partial charge in [0.05, 0.1) is 17.5 Å². The second-order valence-electron chi connectivity index (χ2n) is 14.5. The lowest BCUT2D eigenvalue weighted by Gasteiger charge is -2.33. The monoisotopic (exact) mass is 794 g/mol. The van der Waals surface area contributed by atoms with Gasteiger partial charge in [0.1, 0.15) is 5.00 Å². The minimum atomic E-state index is -0.986. The van der Waals surface area contributed by atoms with Gasteiger partial charge in [-0.15, -0.1) is 11.3 Å². The summed E-state index contributed by atoms with van der Waals surface area (Å²) in [5, 5.41) is 24.9. The van der Waals surface area contributed by atoms with E-state index in [0.717, 1.165) is 78.5 Å². The van der Waals surface area contributed by atoms with Gasteiger partial charge >= 0.3 is 11.9 Å². The van der Waals surface area contributed by atoms with Crippen molar-refractivity contribution in [2.24, 2.45) is 0 Å². The summed E-state index contributed by atoms with van der Waals surface area (Å²) in [6, 6.07) is 22.4. The molecule has 0 atom stereocenters. The summed E-state index contributed by atoms with van der Waals surface area (Å²) in [5.74, 6) is -2.64. The van der Waals surface area contributed by atoms with Gasteiger partial charge in [-0.2, -0.15) is 0 Å². The third-order valence-electron chi connectivity index (χ3n) is 10.7. The van der Waals surface area contributed by atoms with Gasteiger partial charge in [0, 0.05) is 54.8 Å². The lowest BCUT2D eigenvalue weighted by Crippen LogP contribution is -2.42. The number of thiophene rings is 1. The van der Waals surface area contributed by atoms with E-state index in [-0.39, 0.29) is 42.2 Å². The first-order valence-electron chi connectivity index (χ1n) is 20.0. The number of aromatic carboxylic acids is 1. The van der Waals surface area contributed by atoms with Gasteiger partial charge < -0.3 is 25.7 Å². The van der Waals surface area contributed by atoms with E-state index in [4.69, 9.17) is 10.2 Å². The smallest absolute Gasteiger partial charge is 0.335 e. The molecule has 57 heavy (non-hydrogen) atoms. The maximum Gasteiger partial charge on any atom is 0.335 e. The number of nitrogens with zero attached hydrogens (tertiary/aromatic N) is 2. The standard InChI is InChI=1S/C45H54N4O7S/c1-4-36(5-2)49(27-26-48(6-3)39(50)24-25-40(51)52)29-32-10-9-11-34(28-32)42(53)47-44-41(37-12-7-8-13-38(37)57-44)43(54)46-35-22-18-31(19-23-35)15-14-30-16-20-33(21-17-30)45(55)56/h9-11,16-23,28,36H,4-8,12-15,24-27,29H2,1-3H3,(H,46,54)(H,47,53)(H,51,52)(H,55,56). The van der Waals surface area contributed by atoms with Gasteiger partial charge in [0.15, 0.2) is 0 Å². The number of amides is 3. The summed E-state index contributed by atoms with van der Waals surface area (Å²) in [6.45, 7) is 8.35. The van der Waals surface area contributed by atoms with Gasteiger partial charge in [0.2, 0.25) is 5.91 Å². The zero-order valence-corrected chi connectivity index (χ0v) is 34.0. The van der Waals surface area contributed by atoms with E-state index in [2.05, 4.69) is 29.4 Å². The van der Waals surface area contributed by atoms with Crippen molar-refractivity contribution in [1.29, 1.82) is 0 Å². The molecule has 0 unspecified atom stereocenters. The Morgan fingerprint density at radius 3 is 2.04 bits per heavy atom. The Morgan fingerprint density at radius 2 is 1.40 bits per heavy atom. The summed E-state index contributed by atoms with van der Waals surface area (Å²) in [5.41, 5.74) is 6.02. The first-order chi connectivity index (χ1) is 27.5. The van der Waals surface area contributed by atoms with Crippen LogP contribution in [0, 0.1) is 0 Å². The van der Waals surface area contributed by atoms with Crippen molar-refractivity contribution in [3.8, 4) is 0 Å². The summed E-state index contributed by atoms with van der Waals surface area (Å²) >= 11 is 1.48. The molecule has 0 spiro atoms. The number of aryl methyl sites for hydroxylation is 3. The molecular weight excluding hydrogens is 741 g/mol. The van der Waals surface area contributed by atoms with Crippen LogP contribution in [0.15, 0.2) is 72.8 Å². The zero-order valence-electron chi connectivity index (χ0n) is 33.1. The quantitative estimate of drug-likeness (QED) is 0.0696. The van der Waals surface area contributed by atoms with E-state index < -0.39 is 11.9 Å². The van der Waals surface area contributed by atoms with Crippen molar-refractivity contribution in [1.82, 2.24) is 9.80 Å². The molecule has 1 aliphatic rings. The molecule has 0 radical (unpaired) electrons. The van der Waals surface area contributed by atoms with Gasteiger partial charge in [-0.1, -0.05) is 50.2 Å². The van der Waals surface area contributed by atoms with Crippen molar-refractivity contribution < 1.29 is 34.2 Å². The minimum absolute atomic E-state index is 0.0218. The number of fused-ring (bicyclic) bond motifs is 1. The molecule has 0 bridgehead atoms. The van der Waals surface area contributed by atoms with Crippen LogP contribution in [0.4, 0.5) is 10.7 Å². The van der Waals surface area contributed by atoms with Crippen molar-refractivity contribution in [2.45, 2.75) is 97.6 Å². The number of likely N-dealkylation sites (N-methyl/N-ethyl adjacent to an activating group) is 1. The van der Waals surface area contributed by atoms with Crippen LogP contribution >= 0.6 is 11.3 Å². The van der Waals surface area contributed by atoms with E-state index in [0.29, 0.717) is 48.0 Å². The molecule has 0 saturated heterocycles. The fourth-order valence-corrected chi connectivity index (χ4v) is 8.72. The molecule has 4 aromatic rings. The molecule has 0 saturated carbocycles. The molecule has 11 nitrogen and oxygen atoms in total. The Kier molecular flexibility index (Phi) is 15.6. The third kappa shape index (κ3) is 11.8. The largest absolute Gasteiger partial charge is 0.481 e. The highest BCUT2D eigenvalue weighted by atomic mass is 32.1. The van der Waals surface area contributed by atoms with Crippen LogP contribution in [0.1, 0.15) is 118 Å². The van der Waals surface area contributed by atoms with Crippen molar-refractivity contribution >= 4 is 51.7 Å². The number of carbonyl (C=O) groups is 5. The zero-order chi connectivity index (χ0) is 40.9. The number of carbonyl (C=O) groups excluding carboxylic acids is 3. The highest BCUT2D eigenvalue weighted by molar-refractivity contribution is 7.17. The topological polar surface area (TPSA) is 156 Å². The number of aliphatic carboxylic acids is 1. The predicted molar refractivity (Wildman–Crippen MR) is 224 cm³/mol. The van der Waals surface area contributed by atoms with Gasteiger partial charge in [0.25, 0.3) is 11.8 Å². The van der Waals surface area contributed by atoms with E-state index in [9.17, 15) is 24.0 Å². The number of hydrogen-bond donors (Lipinski definition) is 4. The summed E-state index contributed by atoms with van der Waals surface area (Å²) < 4.78 is 0. The number of nitrogens with one attached hydrogen (secondary N) is 2. The minimum Gasteiger partial charge on any atom is -0.481 e. The van der Waals surface area contributed by atoms with Crippen molar-refractivity contribution in [3.63, 3.8) is 0 Å². The first-order valence-corrected chi connectivity index (χ1v) is 20.8. The fourth-order valence-electron chi connectivity index (χ4n) is 7.44. The Morgan fingerprint density at radius 1 is 0.737 bits per heavy atom. The molecular formula is C45H54N4O7S. The van der Waals surface area contributed by atoms with E-state index >= 15 is 0 Å². The summed E-state index contributed by atoms with van der Waals surface area (Å²) in [7, 11) is 0. The van der Waals surface area contributed by atoms with E-state index in [1.54, 1.807) is 23.1 Å². The number of hydrogen-bond acceptors (Lipinski definition) is 7. The molecule has 1 aromatic heterocycles. The molecule has 302 valence electrons. The number of carboxylic acid groups (broad SMARTS) is 2. The number of rotatable bonds is 20. The molecule has 4 N–H and O–H groups in total. The average Bonchev–Trinajstić information content (AvgIpc) is 3.58. The Hall–Kier alpha value is -5.33. The number of benzene rings is 3. The van der Waals surface area contributed by atoms with Crippen LogP contribution in [0.3, 0.4) is 0 Å². The predicted octanol–water partition coefficient (Wildman–Crippen LogP) is 8.32. The van der Waals surface area contributed by atoms with Crippen LogP contribution in [-0.4, -0.2) is 75.3 Å². The van der Waals surface area contributed by atoms with E-state index in [1.165, 1.54) is 11.3 Å². The van der Waals surface area contributed by atoms with Crippen LogP contribution in [0.2, 0.25) is 0 Å². The Bertz CT molecular complexity index is 2020. The second kappa shape index (κ2) is 20.7. The lowest BCUT2D eigenvalue weighted by atomic mass is 9.95. The highest BCUT2D eigenvalue weighted by Crippen LogP contribution is 2.39. The Labute approximate surface area is 339 Å². The number of carboxylic acids is 2. The molecule has 5 rings (SSSR count). The first kappa shape index (κ1) is 42.8. The highest BCUT2D eigenvalue weighted by Gasteiger charge is 2.27. The molecule has 3 amide bonds. The number of anilines is 2. The normalized spacial score (nSPS) is 12.3. The van der Waals surface area contributed by atoms with Crippen LogP contribution in [0.5, 0.6) is 0 Å². The van der Waals surface area contributed by atoms with Crippen LogP contribution < -0.4 is 10.6 Å². The summed E-state index contributed by atoms with van der Waals surface area (Å²) in [6.07, 6.45) is 6.80. The Balaban J connectivity index is 1.26. The fraction of sp³-hybridized carbons (Fsp3) is 0.400. The van der Waals surface area contributed by atoms with Crippen LogP contribution in [0.25, 0.3) is 0 Å². The molecule has 0 aliphatic heterocycles. The summed E-state index contributed by atoms with van der Waals surface area (Å²) in [4.78, 5) is 67.9. The molecule has 3 aromatic carbocycles. The molecule has 12 heteroatoms. The van der Waals surface area contributed by atoms with E-state index in [1.807, 2.05) is 61.5 Å². The third-order valence-corrected chi connectivity index (χ3v) is 11.9. The second-order valence-corrected chi connectivity index (χ2v) is 15.6.